The van der Waals surface area contributed by atoms with Crippen molar-refractivity contribution >= 4 is 18.1 Å². The van der Waals surface area contributed by atoms with Crippen LogP contribution in [0.3, 0.4) is 0 Å². The lowest BCUT2D eigenvalue weighted by molar-refractivity contribution is -0.132. The number of hydrogen-bond acceptors (Lipinski definition) is 6. The average Bonchev–Trinajstić information content (AvgIpc) is 2.67. The first-order chi connectivity index (χ1) is 13.4. The van der Waals surface area contributed by atoms with E-state index in [1.807, 2.05) is 24.3 Å². The predicted molar refractivity (Wildman–Crippen MR) is 106 cm³/mol. The van der Waals surface area contributed by atoms with Gasteiger partial charge in [0.2, 0.25) is 0 Å². The number of nitrogens with one attached hydrogen (secondary N) is 1. The van der Waals surface area contributed by atoms with Gasteiger partial charge < -0.3 is 14.2 Å². The summed E-state index contributed by atoms with van der Waals surface area (Å²) >= 11 is 0. The standard InChI is InChI=1S/C21H24N2O5/c1-14(2)17-7-5-6-8-18(17)27-13-21(25)23-22-12-16-9-10-19(28-15(3)24)20(11-16)26-4/h5-12,14H,13H2,1-4H3,(H,23,25)/b22-12+. The van der Waals surface area contributed by atoms with Gasteiger partial charge in [-0.25, -0.2) is 5.43 Å². The maximum absolute atomic E-state index is 12.0. The molecular formula is C21H24N2O5. The molecule has 1 amide bonds. The summed E-state index contributed by atoms with van der Waals surface area (Å²) in [5.41, 5.74) is 4.12. The second kappa shape index (κ2) is 10.1. The van der Waals surface area contributed by atoms with Crippen molar-refractivity contribution in [3.05, 3.63) is 53.6 Å². The van der Waals surface area contributed by atoms with Gasteiger partial charge in [0.1, 0.15) is 5.75 Å². The third-order valence-corrected chi connectivity index (χ3v) is 3.74. The molecule has 0 aliphatic heterocycles. The molecule has 0 unspecified atom stereocenters. The smallest absolute Gasteiger partial charge is 0.308 e. The second-order valence-corrected chi connectivity index (χ2v) is 6.28. The van der Waals surface area contributed by atoms with E-state index in [-0.39, 0.29) is 12.5 Å². The van der Waals surface area contributed by atoms with Crippen molar-refractivity contribution in [2.75, 3.05) is 13.7 Å². The van der Waals surface area contributed by atoms with Crippen LogP contribution in [0.15, 0.2) is 47.6 Å². The van der Waals surface area contributed by atoms with E-state index >= 15 is 0 Å². The molecule has 0 saturated heterocycles. The molecule has 2 rings (SSSR count). The zero-order chi connectivity index (χ0) is 20.5. The third-order valence-electron chi connectivity index (χ3n) is 3.74. The van der Waals surface area contributed by atoms with Crippen molar-refractivity contribution in [3.63, 3.8) is 0 Å². The number of methoxy groups -OCH3 is 1. The molecule has 0 saturated carbocycles. The number of carbonyl (C=O) groups is 2. The molecule has 1 N–H and O–H groups in total. The normalized spacial score (nSPS) is 10.8. The summed E-state index contributed by atoms with van der Waals surface area (Å²) in [7, 11) is 1.47. The number of benzene rings is 2. The van der Waals surface area contributed by atoms with Gasteiger partial charge in [-0.3, -0.25) is 9.59 Å². The Morgan fingerprint density at radius 1 is 1.11 bits per heavy atom. The highest BCUT2D eigenvalue weighted by atomic mass is 16.6. The minimum atomic E-state index is -0.439. The molecule has 148 valence electrons. The molecule has 0 bridgehead atoms. The van der Waals surface area contributed by atoms with Gasteiger partial charge in [-0.1, -0.05) is 32.0 Å². The lowest BCUT2D eigenvalue weighted by atomic mass is 10.0. The van der Waals surface area contributed by atoms with Gasteiger partial charge in [0.25, 0.3) is 5.91 Å². The summed E-state index contributed by atoms with van der Waals surface area (Å²) in [4.78, 5) is 23.0. The molecule has 2 aromatic rings. The third kappa shape index (κ3) is 6.12. The predicted octanol–water partition coefficient (Wildman–Crippen LogP) is 3.27. The highest BCUT2D eigenvalue weighted by molar-refractivity contribution is 5.84. The number of nitrogens with zero attached hydrogens (tertiary/aromatic N) is 1. The van der Waals surface area contributed by atoms with E-state index < -0.39 is 5.97 Å². The summed E-state index contributed by atoms with van der Waals surface area (Å²) in [6.07, 6.45) is 1.46. The molecule has 0 aromatic heterocycles. The van der Waals surface area contributed by atoms with Gasteiger partial charge in [0.15, 0.2) is 18.1 Å². The van der Waals surface area contributed by atoms with Gasteiger partial charge >= 0.3 is 5.97 Å². The van der Waals surface area contributed by atoms with E-state index in [9.17, 15) is 9.59 Å². The maximum Gasteiger partial charge on any atom is 0.308 e. The Morgan fingerprint density at radius 3 is 2.54 bits per heavy atom. The number of hydrogen-bond donors (Lipinski definition) is 1. The Kier molecular flexibility index (Phi) is 7.56. The SMILES string of the molecule is COc1cc(/C=N/NC(=O)COc2ccccc2C(C)C)ccc1OC(C)=O. The first-order valence-electron chi connectivity index (χ1n) is 8.80. The maximum atomic E-state index is 12.0. The van der Waals surface area contributed by atoms with Crippen LogP contribution in [0.4, 0.5) is 0 Å². The minimum absolute atomic E-state index is 0.143. The summed E-state index contributed by atoms with van der Waals surface area (Å²) in [5.74, 6) is 0.862. The molecule has 0 aliphatic rings. The van der Waals surface area contributed by atoms with Crippen LogP contribution in [0.1, 0.15) is 37.8 Å². The Labute approximate surface area is 164 Å². The van der Waals surface area contributed by atoms with Crippen LogP contribution < -0.4 is 19.6 Å². The Hall–Kier alpha value is -3.35. The van der Waals surface area contributed by atoms with Crippen LogP contribution in [0, 0.1) is 0 Å². The first kappa shape index (κ1) is 21.0. The van der Waals surface area contributed by atoms with E-state index in [4.69, 9.17) is 14.2 Å². The number of carbonyl (C=O) groups excluding carboxylic acids is 2. The fourth-order valence-corrected chi connectivity index (χ4v) is 2.45. The Balaban J connectivity index is 1.92. The molecule has 7 heteroatoms. The molecule has 7 nitrogen and oxygen atoms in total. The van der Waals surface area contributed by atoms with Gasteiger partial charge in [-0.15, -0.1) is 0 Å². The number of hydrazone groups is 1. The first-order valence-corrected chi connectivity index (χ1v) is 8.80. The largest absolute Gasteiger partial charge is 0.493 e. The fraction of sp³-hybridized carbons (Fsp3) is 0.286. The summed E-state index contributed by atoms with van der Waals surface area (Å²) in [5, 5.41) is 3.91. The highest BCUT2D eigenvalue weighted by Crippen LogP contribution is 2.28. The molecule has 0 heterocycles. The van der Waals surface area contributed by atoms with Gasteiger partial charge in [0.05, 0.1) is 13.3 Å². The van der Waals surface area contributed by atoms with Crippen molar-refractivity contribution < 1.29 is 23.8 Å². The number of esters is 1. The van der Waals surface area contributed by atoms with Crippen LogP contribution in [0.2, 0.25) is 0 Å². The molecule has 2 aromatic carbocycles. The van der Waals surface area contributed by atoms with Gasteiger partial charge in [-0.2, -0.15) is 5.10 Å². The van der Waals surface area contributed by atoms with Crippen LogP contribution in [-0.4, -0.2) is 31.8 Å². The van der Waals surface area contributed by atoms with E-state index in [0.717, 1.165) is 5.56 Å². The molecule has 28 heavy (non-hydrogen) atoms. The topological polar surface area (TPSA) is 86.2 Å². The average molecular weight is 384 g/mol. The van der Waals surface area contributed by atoms with E-state index in [2.05, 4.69) is 24.4 Å². The van der Waals surface area contributed by atoms with Crippen molar-refractivity contribution in [2.45, 2.75) is 26.7 Å². The highest BCUT2D eigenvalue weighted by Gasteiger charge is 2.09. The lowest BCUT2D eigenvalue weighted by Gasteiger charge is -2.13. The van der Waals surface area contributed by atoms with Crippen molar-refractivity contribution in [1.82, 2.24) is 5.43 Å². The molecule has 0 radical (unpaired) electrons. The van der Waals surface area contributed by atoms with E-state index in [0.29, 0.717) is 28.7 Å². The number of ether oxygens (including phenoxy) is 3. The zero-order valence-electron chi connectivity index (χ0n) is 16.4. The number of rotatable bonds is 8. The fourth-order valence-electron chi connectivity index (χ4n) is 2.45. The minimum Gasteiger partial charge on any atom is -0.493 e. The van der Waals surface area contributed by atoms with Crippen LogP contribution in [0.25, 0.3) is 0 Å². The van der Waals surface area contributed by atoms with Crippen LogP contribution >= 0.6 is 0 Å². The van der Waals surface area contributed by atoms with E-state index in [1.54, 1.807) is 18.2 Å². The quantitative estimate of drug-likeness (QED) is 0.327. The van der Waals surface area contributed by atoms with Gasteiger partial charge in [0, 0.05) is 6.92 Å². The number of amides is 1. The molecule has 0 spiro atoms. The van der Waals surface area contributed by atoms with Crippen molar-refractivity contribution in [2.24, 2.45) is 5.10 Å². The van der Waals surface area contributed by atoms with Crippen LogP contribution in [0.5, 0.6) is 17.2 Å². The monoisotopic (exact) mass is 384 g/mol. The second-order valence-electron chi connectivity index (χ2n) is 6.28. The van der Waals surface area contributed by atoms with Gasteiger partial charge in [-0.05, 0) is 41.3 Å². The lowest BCUT2D eigenvalue weighted by Crippen LogP contribution is -2.24. The van der Waals surface area contributed by atoms with Crippen LogP contribution in [-0.2, 0) is 9.59 Å². The number of para-hydroxylation sites is 1. The van der Waals surface area contributed by atoms with E-state index in [1.165, 1.54) is 20.2 Å². The molecule has 0 fully saturated rings. The Bertz CT molecular complexity index is 862. The molecular weight excluding hydrogens is 360 g/mol. The van der Waals surface area contributed by atoms with Crippen molar-refractivity contribution in [1.29, 1.82) is 0 Å². The Morgan fingerprint density at radius 2 is 1.86 bits per heavy atom. The molecule has 0 aliphatic carbocycles. The summed E-state index contributed by atoms with van der Waals surface area (Å²) in [6, 6.07) is 12.5. The zero-order valence-corrected chi connectivity index (χ0v) is 16.4. The summed E-state index contributed by atoms with van der Waals surface area (Å²) < 4.78 is 15.8. The summed E-state index contributed by atoms with van der Waals surface area (Å²) in [6.45, 7) is 5.29. The van der Waals surface area contributed by atoms with Crippen molar-refractivity contribution in [3.8, 4) is 17.2 Å². The molecule has 0 atom stereocenters.